The third kappa shape index (κ3) is 6.77. The van der Waals surface area contributed by atoms with Crippen molar-refractivity contribution >= 4 is 29.1 Å². The van der Waals surface area contributed by atoms with E-state index in [9.17, 15) is 31.1 Å². The van der Waals surface area contributed by atoms with E-state index in [1.165, 1.54) is 12.1 Å². The molecule has 2 aromatic rings. The van der Waals surface area contributed by atoms with Crippen LogP contribution in [0.25, 0.3) is 0 Å². The van der Waals surface area contributed by atoms with Gasteiger partial charge in [-0.05, 0) is 81.3 Å². The molecule has 1 saturated carbocycles. The Hall–Kier alpha value is -2.70. The van der Waals surface area contributed by atoms with E-state index in [4.69, 9.17) is 9.47 Å². The average Bonchev–Trinajstić information content (AvgIpc) is 3.64. The highest BCUT2D eigenvalue weighted by Crippen LogP contribution is 2.55. The number of esters is 1. The molecule has 13 heteroatoms. The molecule has 4 rings (SSSR count). The van der Waals surface area contributed by atoms with Gasteiger partial charge in [-0.15, -0.1) is 0 Å². The molecule has 0 saturated heterocycles. The Morgan fingerprint density at radius 3 is 2.30 bits per heavy atom. The maximum Gasteiger partial charge on any atom is 0.420 e. The summed E-state index contributed by atoms with van der Waals surface area (Å²) in [5.74, 6) is -6.93. The van der Waals surface area contributed by atoms with Gasteiger partial charge in [-0.3, -0.25) is 4.79 Å². The molecule has 1 unspecified atom stereocenters. The Bertz CT molecular complexity index is 1230. The number of alkyl halides is 7. The first-order chi connectivity index (χ1) is 18.5. The van der Waals surface area contributed by atoms with Crippen molar-refractivity contribution in [3.63, 3.8) is 0 Å². The van der Waals surface area contributed by atoms with E-state index in [1.54, 1.807) is 6.92 Å². The number of halogens is 8. The van der Waals surface area contributed by atoms with Crippen molar-refractivity contribution < 1.29 is 49.4 Å². The molecule has 220 valence electrons. The van der Waals surface area contributed by atoms with E-state index >= 15 is 8.78 Å². The minimum atomic E-state index is -4.97. The summed E-state index contributed by atoms with van der Waals surface area (Å²) in [6.45, 7) is 1.22. The van der Waals surface area contributed by atoms with Crippen molar-refractivity contribution in [2.45, 2.75) is 61.8 Å². The van der Waals surface area contributed by atoms with Crippen LogP contribution in [0.4, 0.5) is 46.5 Å². The molecule has 0 spiro atoms. The van der Waals surface area contributed by atoms with E-state index in [-0.39, 0.29) is 34.6 Å². The van der Waals surface area contributed by atoms with Crippen LogP contribution in [0.1, 0.15) is 45.1 Å². The SMILES string of the molecule is CCOC(=O)C1(COc2cc3c(cc2C(F)(F)F)N(c2ccc(F)cc2)CC(CCC(C)(F)F)C(F)(F)S3)CC1. The van der Waals surface area contributed by atoms with E-state index < -0.39 is 77.8 Å². The van der Waals surface area contributed by atoms with Crippen LogP contribution in [0.3, 0.4) is 0 Å². The number of ether oxygens (including phenoxy) is 2. The van der Waals surface area contributed by atoms with Gasteiger partial charge >= 0.3 is 17.4 Å². The Kier molecular flexibility index (Phi) is 8.28. The number of nitrogens with zero attached hydrogens (tertiary/aromatic N) is 1. The van der Waals surface area contributed by atoms with Gasteiger partial charge in [-0.2, -0.15) is 22.0 Å². The molecule has 1 fully saturated rings. The summed E-state index contributed by atoms with van der Waals surface area (Å²) < 4.78 is 125. The van der Waals surface area contributed by atoms with Crippen LogP contribution in [0.5, 0.6) is 5.75 Å². The van der Waals surface area contributed by atoms with Crippen molar-refractivity contribution in [3.05, 3.63) is 47.8 Å². The maximum absolute atomic E-state index is 15.5. The van der Waals surface area contributed by atoms with Gasteiger partial charge in [0.25, 0.3) is 0 Å². The second kappa shape index (κ2) is 10.9. The lowest BCUT2D eigenvalue weighted by atomic mass is 9.99. The average molecular weight is 598 g/mol. The van der Waals surface area contributed by atoms with E-state index in [1.807, 2.05) is 0 Å². The predicted molar refractivity (Wildman–Crippen MR) is 133 cm³/mol. The summed E-state index contributed by atoms with van der Waals surface area (Å²) in [5, 5.41) is -3.64. The zero-order valence-corrected chi connectivity index (χ0v) is 22.4. The van der Waals surface area contributed by atoms with Crippen molar-refractivity contribution in [2.24, 2.45) is 11.3 Å². The predicted octanol–water partition coefficient (Wildman–Crippen LogP) is 8.45. The van der Waals surface area contributed by atoms with Crippen LogP contribution in [-0.2, 0) is 15.7 Å². The minimum absolute atomic E-state index is 0.0408. The Morgan fingerprint density at radius 1 is 1.10 bits per heavy atom. The summed E-state index contributed by atoms with van der Waals surface area (Å²) in [4.78, 5) is 13.1. The fraction of sp³-hybridized carbons (Fsp3) is 0.519. The molecule has 4 nitrogen and oxygen atoms in total. The van der Waals surface area contributed by atoms with Crippen molar-refractivity contribution in [2.75, 3.05) is 24.7 Å². The van der Waals surface area contributed by atoms with Gasteiger partial charge < -0.3 is 14.4 Å². The monoisotopic (exact) mass is 597 g/mol. The Morgan fingerprint density at radius 2 is 1.75 bits per heavy atom. The van der Waals surface area contributed by atoms with Crippen LogP contribution in [0.15, 0.2) is 41.3 Å². The number of anilines is 2. The maximum atomic E-state index is 15.5. The molecule has 1 heterocycles. The molecule has 1 aliphatic carbocycles. The molecule has 2 aliphatic rings. The Labute approximate surface area is 230 Å². The molecule has 40 heavy (non-hydrogen) atoms. The lowest BCUT2D eigenvalue weighted by molar-refractivity contribution is -0.151. The highest BCUT2D eigenvalue weighted by atomic mass is 32.2. The zero-order valence-electron chi connectivity index (χ0n) is 21.6. The molecular formula is C27H27F8NO3S. The van der Waals surface area contributed by atoms with Gasteiger partial charge in [0.2, 0.25) is 5.92 Å². The molecule has 0 N–H and O–H groups in total. The van der Waals surface area contributed by atoms with Crippen LogP contribution in [0, 0.1) is 17.2 Å². The van der Waals surface area contributed by atoms with Gasteiger partial charge in [-0.25, -0.2) is 13.2 Å². The van der Waals surface area contributed by atoms with Gasteiger partial charge in [0.15, 0.2) is 0 Å². The number of carbonyl (C=O) groups is 1. The molecule has 0 amide bonds. The number of hydrogen-bond acceptors (Lipinski definition) is 5. The summed E-state index contributed by atoms with van der Waals surface area (Å²) in [6.07, 6.45) is -5.77. The lowest BCUT2D eigenvalue weighted by Crippen LogP contribution is -2.34. The molecule has 0 aromatic heterocycles. The zero-order chi connectivity index (χ0) is 29.5. The smallest absolute Gasteiger partial charge is 0.420 e. The second-order valence-corrected chi connectivity index (χ2v) is 11.3. The highest BCUT2D eigenvalue weighted by Gasteiger charge is 2.53. The largest absolute Gasteiger partial charge is 0.492 e. The van der Waals surface area contributed by atoms with Crippen LogP contribution in [0.2, 0.25) is 0 Å². The number of rotatable bonds is 9. The number of benzene rings is 2. The molecule has 0 bridgehead atoms. The standard InChI is InChI=1S/C27H27F8NO3S/c1-3-38-23(37)25(10-11-25)15-39-21-13-22-20(12-19(21)26(31,32)33)36(18-6-4-17(28)5-7-18)14-16(27(34,35)40-22)8-9-24(2,29)30/h4-7,12-13,16H,3,8-11,14-15H2,1-2H3. The van der Waals surface area contributed by atoms with Gasteiger partial charge in [0, 0.05) is 23.5 Å². The minimum Gasteiger partial charge on any atom is -0.492 e. The number of fused-ring (bicyclic) bond motifs is 1. The van der Waals surface area contributed by atoms with Crippen molar-refractivity contribution in [1.29, 1.82) is 0 Å². The van der Waals surface area contributed by atoms with E-state index in [2.05, 4.69) is 0 Å². The summed E-state index contributed by atoms with van der Waals surface area (Å²) >= 11 is -0.0408. The molecule has 2 aromatic carbocycles. The van der Waals surface area contributed by atoms with Crippen molar-refractivity contribution in [1.82, 2.24) is 0 Å². The van der Waals surface area contributed by atoms with Crippen LogP contribution in [-0.4, -0.2) is 36.9 Å². The van der Waals surface area contributed by atoms with Gasteiger partial charge in [0.1, 0.15) is 23.6 Å². The van der Waals surface area contributed by atoms with Crippen LogP contribution < -0.4 is 9.64 Å². The van der Waals surface area contributed by atoms with Crippen LogP contribution >= 0.6 is 11.8 Å². The number of thioether (sulfide) groups is 1. The van der Waals surface area contributed by atoms with E-state index in [0.717, 1.165) is 23.1 Å². The normalized spacial score (nSPS) is 19.9. The summed E-state index contributed by atoms with van der Waals surface area (Å²) in [7, 11) is 0. The van der Waals surface area contributed by atoms with Gasteiger partial charge in [-0.1, -0.05) is 0 Å². The fourth-order valence-electron chi connectivity index (χ4n) is 4.45. The highest BCUT2D eigenvalue weighted by molar-refractivity contribution is 8.00. The second-order valence-electron chi connectivity index (χ2n) is 10.2. The lowest BCUT2D eigenvalue weighted by Gasteiger charge is -2.30. The molecule has 0 radical (unpaired) electrons. The molecule has 1 atom stereocenters. The number of carbonyl (C=O) groups excluding carboxylic acids is 1. The third-order valence-electron chi connectivity index (χ3n) is 6.92. The van der Waals surface area contributed by atoms with Gasteiger partial charge in [0.05, 0.1) is 23.8 Å². The Balaban J connectivity index is 1.78. The first-order valence-electron chi connectivity index (χ1n) is 12.6. The first-order valence-corrected chi connectivity index (χ1v) is 13.4. The topological polar surface area (TPSA) is 38.8 Å². The summed E-state index contributed by atoms with van der Waals surface area (Å²) in [6, 6.07) is 5.97. The molecular weight excluding hydrogens is 570 g/mol. The number of hydrogen-bond donors (Lipinski definition) is 0. The van der Waals surface area contributed by atoms with E-state index in [0.29, 0.717) is 25.8 Å². The first kappa shape index (κ1) is 30.3. The quantitative estimate of drug-likeness (QED) is 0.214. The van der Waals surface area contributed by atoms with Crippen molar-refractivity contribution in [3.8, 4) is 5.75 Å². The fourth-order valence-corrected chi connectivity index (χ4v) is 5.54. The summed E-state index contributed by atoms with van der Waals surface area (Å²) in [5.41, 5.74) is -2.52. The third-order valence-corrected chi connectivity index (χ3v) is 8.07. The molecule has 1 aliphatic heterocycles.